The molecule has 1 atom stereocenters. The number of carbonyl (C=O) groups excluding carboxylic acids is 3. The minimum Gasteiger partial charge on any atom is -0.493 e. The van der Waals surface area contributed by atoms with Gasteiger partial charge in [0.25, 0.3) is 0 Å². The Morgan fingerprint density at radius 2 is 1.77 bits per heavy atom. The fourth-order valence-corrected chi connectivity index (χ4v) is 3.41. The van der Waals surface area contributed by atoms with Crippen LogP contribution >= 0.6 is 0 Å². The van der Waals surface area contributed by atoms with E-state index in [1.54, 1.807) is 9.80 Å². The van der Waals surface area contributed by atoms with Gasteiger partial charge in [-0.3, -0.25) is 14.4 Å². The van der Waals surface area contributed by atoms with Crippen molar-refractivity contribution in [1.29, 1.82) is 0 Å². The fraction of sp³-hybridized carbons (Fsp3) is 0.526. The topological polar surface area (TPSA) is 79.0 Å². The maximum absolute atomic E-state index is 12.3. The highest BCUT2D eigenvalue weighted by Gasteiger charge is 2.25. The largest absolute Gasteiger partial charge is 0.493 e. The molecule has 2 aliphatic rings. The molecule has 0 bridgehead atoms. The maximum Gasteiger partial charge on any atom is 0.223 e. The summed E-state index contributed by atoms with van der Waals surface area (Å²) in [5.41, 5.74) is 0.985. The van der Waals surface area contributed by atoms with Gasteiger partial charge in [-0.2, -0.15) is 0 Å². The van der Waals surface area contributed by atoms with Gasteiger partial charge in [-0.05, 0) is 6.07 Å². The van der Waals surface area contributed by atoms with Crippen molar-refractivity contribution in [2.45, 2.75) is 32.2 Å². The lowest BCUT2D eigenvalue weighted by molar-refractivity contribution is -0.139. The summed E-state index contributed by atoms with van der Waals surface area (Å²) in [6.07, 6.45) is 1.09. The van der Waals surface area contributed by atoms with E-state index in [1.807, 2.05) is 24.3 Å². The third-order valence-electron chi connectivity index (χ3n) is 4.94. The average Bonchev–Trinajstić information content (AvgIpc) is 2.66. The summed E-state index contributed by atoms with van der Waals surface area (Å²) < 4.78 is 5.60. The summed E-state index contributed by atoms with van der Waals surface area (Å²) in [4.78, 5) is 39.4. The number of para-hydroxylation sites is 1. The number of ether oxygens (including phenoxy) is 1. The predicted octanol–water partition coefficient (Wildman–Crippen LogP) is 1.10. The van der Waals surface area contributed by atoms with Gasteiger partial charge in [0.15, 0.2) is 0 Å². The Labute approximate surface area is 153 Å². The summed E-state index contributed by atoms with van der Waals surface area (Å²) in [6.45, 7) is 4.30. The van der Waals surface area contributed by atoms with Crippen LogP contribution in [0, 0.1) is 0 Å². The number of nitrogens with one attached hydrogen (secondary N) is 1. The highest BCUT2D eigenvalue weighted by molar-refractivity contribution is 5.84. The van der Waals surface area contributed by atoms with Gasteiger partial charge in [-0.15, -0.1) is 0 Å². The standard InChI is InChI=1S/C19H25N3O4/c1-14(23)21-9-11-22(12-10-21)19(25)7-6-18(24)20-16-8-13-26-17-5-3-2-4-15(16)17/h2-5,16H,6-13H2,1H3,(H,20,24)/t16-/m1/s1. The number of fused-ring (bicyclic) bond motifs is 1. The lowest BCUT2D eigenvalue weighted by Crippen LogP contribution is -2.50. The third-order valence-corrected chi connectivity index (χ3v) is 4.94. The van der Waals surface area contributed by atoms with E-state index >= 15 is 0 Å². The van der Waals surface area contributed by atoms with Crippen molar-refractivity contribution in [1.82, 2.24) is 15.1 Å². The van der Waals surface area contributed by atoms with Crippen molar-refractivity contribution < 1.29 is 19.1 Å². The number of hydrogen-bond donors (Lipinski definition) is 1. The van der Waals surface area contributed by atoms with Gasteiger partial charge in [0.05, 0.1) is 12.6 Å². The first kappa shape index (κ1) is 18.2. The Morgan fingerprint density at radius 3 is 2.50 bits per heavy atom. The van der Waals surface area contributed by atoms with Gasteiger partial charge >= 0.3 is 0 Å². The zero-order valence-corrected chi connectivity index (χ0v) is 15.1. The third kappa shape index (κ3) is 4.33. The van der Waals surface area contributed by atoms with Crippen LogP contribution in [0.25, 0.3) is 0 Å². The van der Waals surface area contributed by atoms with Gasteiger partial charge in [-0.25, -0.2) is 0 Å². The van der Waals surface area contributed by atoms with E-state index in [2.05, 4.69) is 5.32 Å². The van der Waals surface area contributed by atoms with Crippen LogP contribution in [0.1, 0.15) is 37.8 Å². The van der Waals surface area contributed by atoms with Crippen LogP contribution in [0.4, 0.5) is 0 Å². The molecule has 7 nitrogen and oxygen atoms in total. The molecule has 1 saturated heterocycles. The predicted molar refractivity (Wildman–Crippen MR) is 95.5 cm³/mol. The number of amides is 3. The van der Waals surface area contributed by atoms with E-state index < -0.39 is 0 Å². The number of nitrogens with zero attached hydrogens (tertiary/aromatic N) is 2. The molecule has 0 unspecified atom stereocenters. The highest BCUT2D eigenvalue weighted by atomic mass is 16.5. The molecule has 2 heterocycles. The van der Waals surface area contributed by atoms with Crippen LogP contribution in [0.5, 0.6) is 5.75 Å². The van der Waals surface area contributed by atoms with Crippen molar-refractivity contribution in [3.05, 3.63) is 29.8 Å². The number of piperazine rings is 1. The summed E-state index contributed by atoms with van der Waals surface area (Å²) >= 11 is 0. The summed E-state index contributed by atoms with van der Waals surface area (Å²) in [7, 11) is 0. The Bertz CT molecular complexity index is 683. The molecular weight excluding hydrogens is 334 g/mol. The fourth-order valence-electron chi connectivity index (χ4n) is 3.41. The molecule has 7 heteroatoms. The van der Waals surface area contributed by atoms with Crippen molar-refractivity contribution in [2.75, 3.05) is 32.8 Å². The molecule has 0 spiro atoms. The second-order valence-corrected chi connectivity index (χ2v) is 6.68. The van der Waals surface area contributed by atoms with Gasteiger partial charge < -0.3 is 19.9 Å². The van der Waals surface area contributed by atoms with Crippen LogP contribution in [0.15, 0.2) is 24.3 Å². The monoisotopic (exact) mass is 359 g/mol. The first-order valence-electron chi connectivity index (χ1n) is 9.09. The molecule has 1 aromatic carbocycles. The molecule has 3 rings (SSSR count). The molecule has 0 aliphatic carbocycles. The Morgan fingerprint density at radius 1 is 1.08 bits per heavy atom. The van der Waals surface area contributed by atoms with Gasteiger partial charge in [-0.1, -0.05) is 18.2 Å². The molecular formula is C19H25N3O4. The normalized spacial score (nSPS) is 19.3. The zero-order valence-electron chi connectivity index (χ0n) is 15.1. The summed E-state index contributed by atoms with van der Waals surface area (Å²) in [5.74, 6) is 0.690. The number of rotatable bonds is 4. The summed E-state index contributed by atoms with van der Waals surface area (Å²) in [6, 6.07) is 7.63. The van der Waals surface area contributed by atoms with Crippen molar-refractivity contribution in [3.63, 3.8) is 0 Å². The quantitative estimate of drug-likeness (QED) is 0.873. The molecule has 0 radical (unpaired) electrons. The minimum absolute atomic E-state index is 0.0317. The maximum atomic E-state index is 12.3. The minimum atomic E-state index is -0.123. The van der Waals surface area contributed by atoms with Gasteiger partial charge in [0.2, 0.25) is 17.7 Å². The Kier molecular flexibility index (Phi) is 5.75. The second-order valence-electron chi connectivity index (χ2n) is 6.68. The van der Waals surface area contributed by atoms with E-state index in [1.165, 1.54) is 6.92 Å². The van der Waals surface area contributed by atoms with Crippen LogP contribution in [0.3, 0.4) is 0 Å². The van der Waals surface area contributed by atoms with E-state index in [0.717, 1.165) is 17.7 Å². The van der Waals surface area contributed by atoms with E-state index in [-0.39, 0.29) is 36.6 Å². The molecule has 1 fully saturated rings. The molecule has 26 heavy (non-hydrogen) atoms. The van der Waals surface area contributed by atoms with Crippen LogP contribution in [-0.4, -0.2) is 60.3 Å². The van der Waals surface area contributed by atoms with Crippen LogP contribution in [-0.2, 0) is 14.4 Å². The summed E-state index contributed by atoms with van der Waals surface area (Å²) in [5, 5.41) is 3.01. The Hall–Kier alpha value is -2.57. The SMILES string of the molecule is CC(=O)N1CCN(C(=O)CCC(=O)N[C@@H]2CCOc3ccccc32)CC1. The first-order valence-corrected chi connectivity index (χ1v) is 9.09. The average molecular weight is 359 g/mol. The number of benzene rings is 1. The second kappa shape index (κ2) is 8.21. The lowest BCUT2D eigenvalue weighted by atomic mass is 10.0. The molecule has 140 valence electrons. The van der Waals surface area contributed by atoms with E-state index in [4.69, 9.17) is 4.74 Å². The number of carbonyl (C=O) groups is 3. The molecule has 3 amide bonds. The van der Waals surface area contributed by atoms with Crippen molar-refractivity contribution in [2.24, 2.45) is 0 Å². The van der Waals surface area contributed by atoms with Gasteiger partial charge in [0.1, 0.15) is 5.75 Å². The highest BCUT2D eigenvalue weighted by Crippen LogP contribution is 2.31. The molecule has 1 aromatic rings. The number of hydrogen-bond acceptors (Lipinski definition) is 4. The molecule has 2 aliphatic heterocycles. The zero-order chi connectivity index (χ0) is 18.5. The first-order chi connectivity index (χ1) is 12.5. The van der Waals surface area contributed by atoms with Gasteiger partial charge in [0, 0.05) is 57.9 Å². The van der Waals surface area contributed by atoms with Crippen molar-refractivity contribution >= 4 is 17.7 Å². The van der Waals surface area contributed by atoms with Crippen LogP contribution < -0.4 is 10.1 Å². The van der Waals surface area contributed by atoms with E-state index in [0.29, 0.717) is 32.8 Å². The van der Waals surface area contributed by atoms with Crippen LogP contribution in [0.2, 0.25) is 0 Å². The Balaban J connectivity index is 1.45. The smallest absolute Gasteiger partial charge is 0.223 e. The lowest BCUT2D eigenvalue weighted by Gasteiger charge is -2.34. The molecule has 1 N–H and O–H groups in total. The molecule has 0 aromatic heterocycles. The van der Waals surface area contributed by atoms with Crippen molar-refractivity contribution in [3.8, 4) is 5.75 Å². The molecule has 0 saturated carbocycles. The van der Waals surface area contributed by atoms with E-state index in [9.17, 15) is 14.4 Å².